The molecule has 69 valence electrons. The first kappa shape index (κ1) is 9.65. The van der Waals surface area contributed by atoms with E-state index in [1.165, 1.54) is 6.07 Å². The van der Waals surface area contributed by atoms with Crippen LogP contribution < -0.4 is 0 Å². The van der Waals surface area contributed by atoms with E-state index in [0.717, 1.165) is 9.13 Å². The molecule has 0 amide bonds. The van der Waals surface area contributed by atoms with Gasteiger partial charge < -0.3 is 0 Å². The van der Waals surface area contributed by atoms with Crippen LogP contribution in [0.15, 0.2) is 42.5 Å². The van der Waals surface area contributed by atoms with Crippen molar-refractivity contribution in [2.75, 3.05) is 0 Å². The van der Waals surface area contributed by atoms with Crippen LogP contribution in [0.4, 0.5) is 4.39 Å². The van der Waals surface area contributed by atoms with Crippen molar-refractivity contribution in [3.8, 4) is 11.1 Å². The van der Waals surface area contributed by atoms with E-state index in [0.29, 0.717) is 5.56 Å². The zero-order valence-electron chi connectivity index (χ0n) is 7.30. The Bertz CT molecular complexity index is 408. The molecule has 0 N–H and O–H groups in total. The summed E-state index contributed by atoms with van der Waals surface area (Å²) in [6.45, 7) is 0. The van der Waals surface area contributed by atoms with Gasteiger partial charge in [-0.1, -0.05) is 36.4 Å². The van der Waals surface area contributed by atoms with Crippen molar-refractivity contribution in [3.63, 3.8) is 0 Å². The molecular weight excluding hydrogens is 290 g/mol. The normalized spacial score (nSPS) is 10.1. The van der Waals surface area contributed by atoms with Crippen LogP contribution in [-0.2, 0) is 0 Å². The summed E-state index contributed by atoms with van der Waals surface area (Å²) in [6, 6.07) is 15.4. The minimum Gasteiger partial charge on any atom is -0.206 e. The molecule has 2 aromatic carbocycles. The standard InChI is InChI=1S/C12H7FI/c13-11-7-3-1-5-9(11)10-6-2-4-8-12(10)14/h1-7H. The highest BCUT2D eigenvalue weighted by Gasteiger charge is 2.06. The number of hydrogen-bond donors (Lipinski definition) is 0. The zero-order valence-corrected chi connectivity index (χ0v) is 9.45. The summed E-state index contributed by atoms with van der Waals surface area (Å²) in [4.78, 5) is 0. The molecule has 0 saturated carbocycles. The predicted octanol–water partition coefficient (Wildman–Crippen LogP) is 3.90. The molecule has 2 rings (SSSR count). The average Bonchev–Trinajstić information content (AvgIpc) is 2.20. The molecule has 2 aromatic rings. The molecule has 0 heterocycles. The Morgan fingerprint density at radius 1 is 1.00 bits per heavy atom. The summed E-state index contributed by atoms with van der Waals surface area (Å²) in [6.07, 6.45) is 0. The summed E-state index contributed by atoms with van der Waals surface area (Å²) in [5.74, 6) is -0.190. The molecule has 1 radical (unpaired) electrons. The van der Waals surface area contributed by atoms with Crippen molar-refractivity contribution in [1.29, 1.82) is 0 Å². The number of halogens is 2. The average molecular weight is 297 g/mol. The van der Waals surface area contributed by atoms with Crippen molar-refractivity contribution < 1.29 is 4.39 Å². The van der Waals surface area contributed by atoms with Gasteiger partial charge in [-0.2, -0.15) is 0 Å². The van der Waals surface area contributed by atoms with Gasteiger partial charge in [-0.15, -0.1) is 0 Å². The molecule has 14 heavy (non-hydrogen) atoms. The Hall–Kier alpha value is -0.900. The van der Waals surface area contributed by atoms with Gasteiger partial charge in [0.1, 0.15) is 5.82 Å². The maximum atomic E-state index is 13.4. The van der Waals surface area contributed by atoms with E-state index in [-0.39, 0.29) is 5.82 Å². The lowest BCUT2D eigenvalue weighted by Crippen LogP contribution is -1.86. The van der Waals surface area contributed by atoms with E-state index >= 15 is 0 Å². The van der Waals surface area contributed by atoms with Crippen LogP contribution in [0.5, 0.6) is 0 Å². The van der Waals surface area contributed by atoms with Crippen molar-refractivity contribution in [1.82, 2.24) is 0 Å². The molecule has 0 spiro atoms. The fourth-order valence-corrected chi connectivity index (χ4v) is 1.95. The number of rotatable bonds is 1. The fraction of sp³-hybridized carbons (Fsp3) is 0. The third kappa shape index (κ3) is 1.80. The molecular formula is C12H7FI. The van der Waals surface area contributed by atoms with Gasteiger partial charge in [0.25, 0.3) is 0 Å². The van der Waals surface area contributed by atoms with Crippen LogP contribution in [-0.4, -0.2) is 0 Å². The molecule has 0 aliphatic carbocycles. The third-order valence-corrected chi connectivity index (χ3v) is 2.86. The molecule has 0 aliphatic rings. The highest BCUT2D eigenvalue weighted by atomic mass is 127. The summed E-state index contributed by atoms with van der Waals surface area (Å²) in [5, 5.41) is 0. The maximum absolute atomic E-state index is 13.4. The Kier molecular flexibility index (Phi) is 2.82. The quantitative estimate of drug-likeness (QED) is 0.700. The molecule has 0 bridgehead atoms. The van der Waals surface area contributed by atoms with Gasteiger partial charge in [0, 0.05) is 9.13 Å². The van der Waals surface area contributed by atoms with Crippen LogP contribution in [0.2, 0.25) is 0 Å². The number of hydrogen-bond acceptors (Lipinski definition) is 0. The van der Waals surface area contributed by atoms with Crippen molar-refractivity contribution in [2.24, 2.45) is 0 Å². The largest absolute Gasteiger partial charge is 0.206 e. The van der Waals surface area contributed by atoms with E-state index in [1.54, 1.807) is 12.1 Å². The summed E-state index contributed by atoms with van der Waals surface area (Å²) >= 11 is 2.16. The van der Waals surface area contributed by atoms with Gasteiger partial charge in [0.2, 0.25) is 0 Å². The number of benzene rings is 2. The monoisotopic (exact) mass is 297 g/mol. The lowest BCUT2D eigenvalue weighted by molar-refractivity contribution is 0.631. The first-order chi connectivity index (χ1) is 6.79. The highest BCUT2D eigenvalue weighted by molar-refractivity contribution is 14.1. The van der Waals surface area contributed by atoms with E-state index < -0.39 is 0 Å². The Labute approximate surface area is 95.9 Å². The van der Waals surface area contributed by atoms with E-state index in [4.69, 9.17) is 0 Å². The molecule has 0 nitrogen and oxygen atoms in total. The van der Waals surface area contributed by atoms with Gasteiger partial charge in [-0.25, -0.2) is 4.39 Å². The SMILES string of the molecule is Fc1ccccc1-c1ccc[c]c1I. The van der Waals surface area contributed by atoms with Gasteiger partial charge in [-0.3, -0.25) is 0 Å². The van der Waals surface area contributed by atoms with Crippen LogP contribution in [0.3, 0.4) is 0 Å². The first-order valence-electron chi connectivity index (χ1n) is 4.20. The zero-order chi connectivity index (χ0) is 9.97. The highest BCUT2D eigenvalue weighted by Crippen LogP contribution is 2.26. The lowest BCUT2D eigenvalue weighted by atomic mass is 10.1. The van der Waals surface area contributed by atoms with Crippen molar-refractivity contribution in [2.45, 2.75) is 0 Å². The molecule has 0 saturated heterocycles. The first-order valence-corrected chi connectivity index (χ1v) is 5.28. The second kappa shape index (κ2) is 4.09. The Balaban J connectivity index is 2.61. The fourth-order valence-electron chi connectivity index (χ4n) is 1.30. The predicted molar refractivity (Wildman–Crippen MR) is 63.4 cm³/mol. The smallest absolute Gasteiger partial charge is 0.131 e. The second-order valence-corrected chi connectivity index (χ2v) is 3.96. The minimum atomic E-state index is -0.190. The van der Waals surface area contributed by atoms with Crippen LogP contribution in [0.25, 0.3) is 11.1 Å². The Morgan fingerprint density at radius 3 is 2.43 bits per heavy atom. The van der Waals surface area contributed by atoms with Gasteiger partial charge in [0.15, 0.2) is 0 Å². The van der Waals surface area contributed by atoms with E-state index in [9.17, 15) is 4.39 Å². The molecule has 0 atom stereocenters. The van der Waals surface area contributed by atoms with E-state index in [2.05, 4.69) is 28.7 Å². The van der Waals surface area contributed by atoms with Crippen LogP contribution in [0.1, 0.15) is 0 Å². The molecule has 0 aliphatic heterocycles. The van der Waals surface area contributed by atoms with Crippen LogP contribution in [0, 0.1) is 15.5 Å². The maximum Gasteiger partial charge on any atom is 0.131 e. The molecule has 0 unspecified atom stereocenters. The summed E-state index contributed by atoms with van der Waals surface area (Å²) in [7, 11) is 0. The van der Waals surface area contributed by atoms with Gasteiger partial charge in [0.05, 0.1) is 0 Å². The summed E-state index contributed by atoms with van der Waals surface area (Å²) < 4.78 is 14.4. The third-order valence-electron chi connectivity index (χ3n) is 1.97. The van der Waals surface area contributed by atoms with Crippen molar-refractivity contribution >= 4 is 22.6 Å². The lowest BCUT2D eigenvalue weighted by Gasteiger charge is -2.04. The molecule has 0 aromatic heterocycles. The van der Waals surface area contributed by atoms with Crippen molar-refractivity contribution in [3.05, 3.63) is 57.9 Å². The summed E-state index contributed by atoms with van der Waals surface area (Å²) in [5.41, 5.74) is 1.53. The molecule has 2 heteroatoms. The second-order valence-electron chi connectivity index (χ2n) is 2.88. The topological polar surface area (TPSA) is 0 Å². The van der Waals surface area contributed by atoms with E-state index in [1.807, 2.05) is 24.3 Å². The molecule has 0 fully saturated rings. The minimum absolute atomic E-state index is 0.190. The Morgan fingerprint density at radius 2 is 1.71 bits per heavy atom. The van der Waals surface area contributed by atoms with Crippen LogP contribution >= 0.6 is 22.6 Å². The van der Waals surface area contributed by atoms with Gasteiger partial charge in [-0.05, 0) is 40.3 Å². The van der Waals surface area contributed by atoms with Gasteiger partial charge >= 0.3 is 0 Å².